The summed E-state index contributed by atoms with van der Waals surface area (Å²) in [6.07, 6.45) is 1.93. The Balaban J connectivity index is 2.14. The molecular weight excluding hydrogens is 256 g/mol. The van der Waals surface area contributed by atoms with Gasteiger partial charge in [-0.3, -0.25) is 0 Å². The summed E-state index contributed by atoms with van der Waals surface area (Å²) in [6.45, 7) is 5.63. The maximum atomic E-state index is 12.0. The van der Waals surface area contributed by atoms with Crippen molar-refractivity contribution in [3.05, 3.63) is 16.5 Å². The number of sulfonamides is 1. The largest absolute Gasteiger partial charge is 0.312 e. The van der Waals surface area contributed by atoms with Gasteiger partial charge in [0.2, 0.25) is 10.0 Å². The molecule has 1 aliphatic rings. The number of hydrogen-bond donors (Lipinski definition) is 2. The normalized spacial score (nSPS) is 16.4. The number of nitrogens with one attached hydrogen (secondary N) is 2. The molecule has 0 amide bonds. The summed E-state index contributed by atoms with van der Waals surface area (Å²) < 4.78 is 27.1. The van der Waals surface area contributed by atoms with Gasteiger partial charge >= 0.3 is 0 Å². The van der Waals surface area contributed by atoms with Crippen molar-refractivity contribution >= 4 is 21.4 Å². The third-order valence-electron chi connectivity index (χ3n) is 2.70. The molecule has 1 aromatic heterocycles. The summed E-state index contributed by atoms with van der Waals surface area (Å²) in [4.78, 5) is 1.10. The number of hydrogen-bond acceptors (Lipinski definition) is 4. The number of thiophene rings is 1. The van der Waals surface area contributed by atoms with Gasteiger partial charge in [-0.05, 0) is 37.9 Å². The van der Waals surface area contributed by atoms with Crippen LogP contribution < -0.4 is 10.0 Å². The minimum atomic E-state index is -3.28. The molecule has 0 aliphatic heterocycles. The van der Waals surface area contributed by atoms with Gasteiger partial charge < -0.3 is 5.32 Å². The quantitative estimate of drug-likeness (QED) is 0.828. The van der Waals surface area contributed by atoms with Crippen LogP contribution in [0.2, 0.25) is 0 Å². The van der Waals surface area contributed by atoms with Crippen molar-refractivity contribution in [1.29, 1.82) is 0 Å². The Labute approximate surface area is 106 Å². The van der Waals surface area contributed by atoms with Crippen molar-refractivity contribution in [2.24, 2.45) is 0 Å². The van der Waals surface area contributed by atoms with Crippen LogP contribution >= 0.6 is 11.3 Å². The molecule has 6 heteroatoms. The van der Waals surface area contributed by atoms with Gasteiger partial charge in [0.05, 0.1) is 0 Å². The van der Waals surface area contributed by atoms with E-state index in [4.69, 9.17) is 0 Å². The molecule has 96 valence electrons. The van der Waals surface area contributed by atoms with E-state index < -0.39 is 10.0 Å². The van der Waals surface area contributed by atoms with Crippen molar-refractivity contribution in [1.82, 2.24) is 10.0 Å². The lowest BCUT2D eigenvalue weighted by molar-refractivity contribution is 0.583. The van der Waals surface area contributed by atoms with Crippen molar-refractivity contribution in [2.45, 2.75) is 43.5 Å². The van der Waals surface area contributed by atoms with Crippen LogP contribution in [0, 0.1) is 6.92 Å². The Morgan fingerprint density at radius 2 is 2.18 bits per heavy atom. The summed E-state index contributed by atoms with van der Waals surface area (Å²) in [5, 5.41) is 3.22. The molecule has 0 bridgehead atoms. The van der Waals surface area contributed by atoms with Gasteiger partial charge in [0, 0.05) is 17.5 Å². The summed E-state index contributed by atoms with van der Waals surface area (Å²) in [5.74, 6) is 0. The predicted molar refractivity (Wildman–Crippen MR) is 69.8 cm³/mol. The number of rotatable bonds is 6. The molecule has 0 unspecified atom stereocenters. The van der Waals surface area contributed by atoms with Crippen LogP contribution in [0.25, 0.3) is 0 Å². The molecule has 2 N–H and O–H groups in total. The van der Waals surface area contributed by atoms with Crippen LogP contribution in [0.5, 0.6) is 0 Å². The van der Waals surface area contributed by atoms with Crippen molar-refractivity contribution in [3.8, 4) is 0 Å². The molecule has 1 heterocycles. The van der Waals surface area contributed by atoms with Crippen LogP contribution in [-0.2, 0) is 16.6 Å². The standard InChI is InChI=1S/C11H18N2O2S2/c1-3-12-7-10-8(2)6-11(16-10)17(14,15)13-9-4-5-9/h6,9,12-13H,3-5,7H2,1-2H3. The first-order valence-electron chi connectivity index (χ1n) is 5.85. The highest BCUT2D eigenvalue weighted by molar-refractivity contribution is 7.91. The molecule has 0 radical (unpaired) electrons. The topological polar surface area (TPSA) is 58.2 Å². The van der Waals surface area contributed by atoms with Gasteiger partial charge in [0.1, 0.15) is 4.21 Å². The van der Waals surface area contributed by atoms with Gasteiger partial charge in [0.25, 0.3) is 0 Å². The highest BCUT2D eigenvalue weighted by Gasteiger charge is 2.29. The number of aryl methyl sites for hydroxylation is 1. The first kappa shape index (κ1) is 13.0. The fourth-order valence-electron chi connectivity index (χ4n) is 1.51. The maximum Gasteiger partial charge on any atom is 0.250 e. The van der Waals surface area contributed by atoms with E-state index in [0.29, 0.717) is 4.21 Å². The van der Waals surface area contributed by atoms with E-state index in [-0.39, 0.29) is 6.04 Å². The second-order valence-corrected chi connectivity index (χ2v) is 7.43. The molecule has 2 rings (SSSR count). The Kier molecular flexibility index (Phi) is 3.87. The zero-order chi connectivity index (χ0) is 12.5. The van der Waals surface area contributed by atoms with Gasteiger partial charge in [-0.1, -0.05) is 6.92 Å². The molecule has 1 aliphatic carbocycles. The first-order valence-corrected chi connectivity index (χ1v) is 8.15. The molecule has 17 heavy (non-hydrogen) atoms. The lowest BCUT2D eigenvalue weighted by atomic mass is 10.3. The smallest absolute Gasteiger partial charge is 0.250 e. The molecule has 1 aromatic rings. The van der Waals surface area contributed by atoms with Crippen LogP contribution in [0.15, 0.2) is 10.3 Å². The minimum Gasteiger partial charge on any atom is -0.312 e. The van der Waals surface area contributed by atoms with Gasteiger partial charge in [-0.15, -0.1) is 11.3 Å². The minimum absolute atomic E-state index is 0.166. The summed E-state index contributed by atoms with van der Waals surface area (Å²) in [5.41, 5.74) is 1.05. The zero-order valence-electron chi connectivity index (χ0n) is 10.1. The monoisotopic (exact) mass is 274 g/mol. The maximum absolute atomic E-state index is 12.0. The Hall–Kier alpha value is -0.430. The molecule has 4 nitrogen and oxygen atoms in total. The van der Waals surface area contributed by atoms with E-state index in [1.165, 1.54) is 11.3 Å². The SMILES string of the molecule is CCNCc1sc(S(=O)(=O)NC2CC2)cc1C. The van der Waals surface area contributed by atoms with E-state index in [2.05, 4.69) is 10.0 Å². The second-order valence-electron chi connectivity index (χ2n) is 4.35. The van der Waals surface area contributed by atoms with Crippen molar-refractivity contribution in [2.75, 3.05) is 6.54 Å². The Morgan fingerprint density at radius 1 is 1.47 bits per heavy atom. The second kappa shape index (κ2) is 5.06. The van der Waals surface area contributed by atoms with E-state index in [0.717, 1.165) is 36.4 Å². The van der Waals surface area contributed by atoms with Crippen LogP contribution in [0.1, 0.15) is 30.2 Å². The third-order valence-corrected chi connectivity index (χ3v) is 5.93. The molecule has 0 aromatic carbocycles. The fourth-order valence-corrected chi connectivity index (χ4v) is 4.39. The van der Waals surface area contributed by atoms with E-state index >= 15 is 0 Å². The molecule has 1 fully saturated rings. The summed E-state index contributed by atoms with van der Waals surface area (Å²) in [7, 11) is -3.28. The Bertz CT molecular complexity index is 490. The Morgan fingerprint density at radius 3 is 2.76 bits per heavy atom. The molecule has 0 spiro atoms. The average molecular weight is 274 g/mol. The molecular formula is C11H18N2O2S2. The predicted octanol–water partition coefficient (Wildman–Crippen LogP) is 1.61. The van der Waals surface area contributed by atoms with Gasteiger partial charge in [0.15, 0.2) is 0 Å². The lowest BCUT2D eigenvalue weighted by Gasteiger charge is -2.01. The summed E-state index contributed by atoms with van der Waals surface area (Å²) in [6, 6.07) is 1.93. The zero-order valence-corrected chi connectivity index (χ0v) is 11.7. The van der Waals surface area contributed by atoms with Crippen LogP contribution in [0.3, 0.4) is 0 Å². The van der Waals surface area contributed by atoms with Crippen molar-refractivity contribution in [3.63, 3.8) is 0 Å². The highest BCUT2D eigenvalue weighted by atomic mass is 32.2. The molecule has 0 atom stereocenters. The summed E-state index contributed by atoms with van der Waals surface area (Å²) >= 11 is 1.36. The highest BCUT2D eigenvalue weighted by Crippen LogP contribution is 2.28. The van der Waals surface area contributed by atoms with E-state index in [1.54, 1.807) is 6.07 Å². The fraction of sp³-hybridized carbons (Fsp3) is 0.636. The van der Waals surface area contributed by atoms with Gasteiger partial charge in [-0.2, -0.15) is 0 Å². The van der Waals surface area contributed by atoms with E-state index in [1.807, 2.05) is 13.8 Å². The lowest BCUT2D eigenvalue weighted by Crippen LogP contribution is -2.24. The first-order chi connectivity index (χ1) is 8.03. The third kappa shape index (κ3) is 3.28. The molecule has 1 saturated carbocycles. The van der Waals surface area contributed by atoms with Gasteiger partial charge in [-0.25, -0.2) is 13.1 Å². The van der Waals surface area contributed by atoms with Crippen LogP contribution in [0.4, 0.5) is 0 Å². The molecule has 0 saturated heterocycles. The van der Waals surface area contributed by atoms with Crippen LogP contribution in [-0.4, -0.2) is 21.0 Å². The average Bonchev–Trinajstić information content (AvgIpc) is 2.97. The van der Waals surface area contributed by atoms with Crippen molar-refractivity contribution < 1.29 is 8.42 Å². The van der Waals surface area contributed by atoms with E-state index in [9.17, 15) is 8.42 Å².